The highest BCUT2D eigenvalue weighted by Gasteiger charge is 2.09. The average Bonchev–Trinajstić information content (AvgIpc) is 1.90. The molecule has 0 heterocycles. The predicted octanol–water partition coefficient (Wildman–Crippen LogP) is 0.0389. The lowest BCUT2D eigenvalue weighted by molar-refractivity contribution is 0.239. The summed E-state index contributed by atoms with van der Waals surface area (Å²) in [7, 11) is 1.03. The van der Waals surface area contributed by atoms with Gasteiger partial charge in [-0.2, -0.15) is 0 Å². The van der Waals surface area contributed by atoms with E-state index >= 15 is 0 Å². The molecule has 0 unspecified atom stereocenters. The van der Waals surface area contributed by atoms with Crippen molar-refractivity contribution in [2.24, 2.45) is 0 Å². The Morgan fingerprint density at radius 3 is 1.90 bits per heavy atom. The molecule has 3 nitrogen and oxygen atoms in total. The van der Waals surface area contributed by atoms with Crippen molar-refractivity contribution in [3.63, 3.8) is 0 Å². The third kappa shape index (κ3) is 5.13. The molecule has 0 atom stereocenters. The maximum absolute atomic E-state index is 5.44. The van der Waals surface area contributed by atoms with Gasteiger partial charge in [0.25, 0.3) is 0 Å². The summed E-state index contributed by atoms with van der Waals surface area (Å²) in [6.07, 6.45) is 0.691. The molecule has 62 valence electrons. The maximum atomic E-state index is 5.44. The van der Waals surface area contributed by atoms with E-state index in [1.54, 1.807) is 14.2 Å². The zero-order chi connectivity index (χ0) is 7.98. The van der Waals surface area contributed by atoms with E-state index in [9.17, 15) is 0 Å². The summed E-state index contributed by atoms with van der Waals surface area (Å²) in [6, 6.07) is 0. The minimum absolute atomic E-state index is 0.691. The molecule has 0 aliphatic rings. The van der Waals surface area contributed by atoms with Gasteiger partial charge in [-0.3, -0.25) is 0 Å². The molecule has 0 aliphatic carbocycles. The second-order valence-corrected chi connectivity index (χ2v) is 6.85. The molecular formula is C5H16O3Si2. The zero-order valence-corrected chi connectivity index (χ0v) is 9.40. The fraction of sp³-hybridized carbons (Fsp3) is 1.00. The van der Waals surface area contributed by atoms with E-state index in [-0.39, 0.29) is 0 Å². The summed E-state index contributed by atoms with van der Waals surface area (Å²) in [5.74, 6) is 0. The lowest BCUT2D eigenvalue weighted by Crippen LogP contribution is -2.29. The molecule has 0 fully saturated rings. The Bertz CT molecular complexity index is 75.3. The van der Waals surface area contributed by atoms with Gasteiger partial charge in [0.1, 0.15) is 0 Å². The molecule has 0 aliphatic heterocycles. The van der Waals surface area contributed by atoms with Crippen LogP contribution < -0.4 is 0 Å². The van der Waals surface area contributed by atoms with Crippen LogP contribution in [0.5, 0.6) is 0 Å². The SMILES string of the molecule is CO[SiH](CO[SiH](C)C)OC. The molecule has 0 spiro atoms. The summed E-state index contributed by atoms with van der Waals surface area (Å²) < 4.78 is 15.6. The Morgan fingerprint density at radius 1 is 1.10 bits per heavy atom. The highest BCUT2D eigenvalue weighted by Crippen LogP contribution is 1.89. The van der Waals surface area contributed by atoms with E-state index < -0.39 is 18.3 Å². The fourth-order valence-corrected chi connectivity index (χ4v) is 3.14. The van der Waals surface area contributed by atoms with Crippen LogP contribution >= 0.6 is 0 Å². The highest BCUT2D eigenvalue weighted by molar-refractivity contribution is 6.51. The standard InChI is InChI=1S/C5H16O3Si2/c1-6-10(7-2)5-8-9(3)4/h9-10H,5H2,1-4H3. The Kier molecular flexibility index (Phi) is 6.24. The molecule has 0 N–H and O–H groups in total. The molecule has 0 aromatic heterocycles. The average molecular weight is 180 g/mol. The van der Waals surface area contributed by atoms with Gasteiger partial charge >= 0.3 is 9.28 Å². The van der Waals surface area contributed by atoms with E-state index in [0.717, 1.165) is 0 Å². The van der Waals surface area contributed by atoms with Crippen LogP contribution in [-0.2, 0) is 13.3 Å². The first-order valence-corrected chi connectivity index (χ1v) is 7.92. The van der Waals surface area contributed by atoms with Crippen molar-refractivity contribution in [2.75, 3.05) is 20.4 Å². The van der Waals surface area contributed by atoms with Crippen molar-refractivity contribution < 1.29 is 13.3 Å². The first-order chi connectivity index (χ1) is 4.70. The molecule has 0 saturated carbocycles. The molecule has 0 saturated heterocycles. The van der Waals surface area contributed by atoms with E-state index in [2.05, 4.69) is 13.1 Å². The van der Waals surface area contributed by atoms with Crippen molar-refractivity contribution in [1.29, 1.82) is 0 Å². The van der Waals surface area contributed by atoms with Gasteiger partial charge in [-0.25, -0.2) is 0 Å². The van der Waals surface area contributed by atoms with E-state index in [1.165, 1.54) is 0 Å². The van der Waals surface area contributed by atoms with E-state index in [1.807, 2.05) is 0 Å². The first-order valence-electron chi connectivity index (χ1n) is 3.38. The van der Waals surface area contributed by atoms with Crippen LogP contribution in [0.3, 0.4) is 0 Å². The van der Waals surface area contributed by atoms with Crippen LogP contribution in [0.1, 0.15) is 0 Å². The van der Waals surface area contributed by atoms with Crippen molar-refractivity contribution in [3.05, 3.63) is 0 Å². The fourth-order valence-electron chi connectivity index (χ4n) is 0.503. The van der Waals surface area contributed by atoms with Crippen molar-refractivity contribution in [1.82, 2.24) is 0 Å². The van der Waals surface area contributed by atoms with Crippen molar-refractivity contribution in [2.45, 2.75) is 13.1 Å². The number of hydrogen-bond donors (Lipinski definition) is 0. The Labute approximate surface area is 65.9 Å². The smallest absolute Gasteiger partial charge is 0.346 e. The normalized spacial score (nSPS) is 11.4. The maximum Gasteiger partial charge on any atom is 0.346 e. The largest absolute Gasteiger partial charge is 0.419 e. The highest BCUT2D eigenvalue weighted by atomic mass is 28.3. The summed E-state index contributed by atoms with van der Waals surface area (Å²) in [4.78, 5) is 0. The van der Waals surface area contributed by atoms with Gasteiger partial charge < -0.3 is 13.3 Å². The summed E-state index contributed by atoms with van der Waals surface area (Å²) in [5, 5.41) is 0. The van der Waals surface area contributed by atoms with Gasteiger partial charge in [-0.15, -0.1) is 0 Å². The number of rotatable bonds is 5. The van der Waals surface area contributed by atoms with Crippen molar-refractivity contribution in [3.8, 4) is 0 Å². The van der Waals surface area contributed by atoms with Crippen molar-refractivity contribution >= 4 is 18.3 Å². The van der Waals surface area contributed by atoms with Crippen LogP contribution in [0, 0.1) is 0 Å². The molecule has 0 amide bonds. The van der Waals surface area contributed by atoms with Gasteiger partial charge in [0, 0.05) is 14.2 Å². The second kappa shape index (κ2) is 6.05. The summed E-state index contributed by atoms with van der Waals surface area (Å²) >= 11 is 0. The van der Waals surface area contributed by atoms with Crippen LogP contribution in [0.15, 0.2) is 0 Å². The molecule has 10 heavy (non-hydrogen) atoms. The number of hydrogen-bond acceptors (Lipinski definition) is 3. The molecule has 0 bridgehead atoms. The lowest BCUT2D eigenvalue weighted by Gasteiger charge is -2.12. The van der Waals surface area contributed by atoms with Crippen LogP contribution in [-0.4, -0.2) is 38.8 Å². The summed E-state index contributed by atoms with van der Waals surface area (Å²) in [6.45, 7) is 4.27. The topological polar surface area (TPSA) is 27.7 Å². The predicted molar refractivity (Wildman–Crippen MR) is 46.0 cm³/mol. The third-order valence-corrected chi connectivity index (χ3v) is 3.85. The Hall–Kier alpha value is 0.314. The van der Waals surface area contributed by atoms with E-state index in [0.29, 0.717) is 6.23 Å². The first kappa shape index (κ1) is 10.3. The minimum Gasteiger partial charge on any atom is -0.419 e. The molecule has 5 heteroatoms. The molecule has 0 radical (unpaired) electrons. The van der Waals surface area contributed by atoms with E-state index in [4.69, 9.17) is 13.3 Å². The van der Waals surface area contributed by atoms with Gasteiger partial charge in [-0.1, -0.05) is 0 Å². The third-order valence-electron chi connectivity index (χ3n) is 1.09. The monoisotopic (exact) mass is 180 g/mol. The molecule has 0 aromatic carbocycles. The minimum atomic E-state index is -1.44. The van der Waals surface area contributed by atoms with Gasteiger partial charge in [-0.05, 0) is 13.1 Å². The Balaban J connectivity index is 3.26. The van der Waals surface area contributed by atoms with Gasteiger partial charge in [0.2, 0.25) is 0 Å². The molecule has 0 aromatic rings. The van der Waals surface area contributed by atoms with Gasteiger partial charge in [0.05, 0.1) is 6.23 Å². The zero-order valence-electron chi connectivity index (χ0n) is 7.09. The Morgan fingerprint density at radius 2 is 1.60 bits per heavy atom. The molecular weight excluding hydrogens is 164 g/mol. The van der Waals surface area contributed by atoms with Gasteiger partial charge in [0.15, 0.2) is 9.04 Å². The second-order valence-electron chi connectivity index (χ2n) is 2.28. The quantitative estimate of drug-likeness (QED) is 0.559. The van der Waals surface area contributed by atoms with Crippen LogP contribution in [0.2, 0.25) is 13.1 Å². The van der Waals surface area contributed by atoms with Crippen LogP contribution in [0.25, 0.3) is 0 Å². The molecule has 0 rings (SSSR count). The summed E-state index contributed by atoms with van der Waals surface area (Å²) in [5.41, 5.74) is 0. The lowest BCUT2D eigenvalue weighted by atomic mass is 11.7. The van der Waals surface area contributed by atoms with Crippen LogP contribution in [0.4, 0.5) is 0 Å².